The first-order chi connectivity index (χ1) is 12.3. The van der Waals surface area contributed by atoms with E-state index in [1.54, 1.807) is 0 Å². The fourth-order valence-corrected chi connectivity index (χ4v) is 4.56. The predicted molar refractivity (Wildman–Crippen MR) is 98.4 cm³/mol. The van der Waals surface area contributed by atoms with Crippen LogP contribution in [0.25, 0.3) is 11.0 Å². The summed E-state index contributed by atoms with van der Waals surface area (Å²) in [5.41, 5.74) is 2.26. The molecule has 25 heavy (non-hydrogen) atoms. The summed E-state index contributed by atoms with van der Waals surface area (Å²) in [6.07, 6.45) is 3.41. The van der Waals surface area contributed by atoms with Crippen LogP contribution in [0.1, 0.15) is 32.0 Å². The van der Waals surface area contributed by atoms with Gasteiger partial charge in [-0.2, -0.15) is 0 Å². The predicted octanol–water partition coefficient (Wildman–Crippen LogP) is 2.67. The van der Waals surface area contributed by atoms with Crippen molar-refractivity contribution in [3.63, 3.8) is 0 Å². The SMILES string of the molecule is CCCCn1c(CN2C[C@@H]3CCOC[C@]3(CO)C2)nc2ccccc21. The maximum atomic E-state index is 9.99. The van der Waals surface area contributed by atoms with Crippen molar-refractivity contribution in [1.29, 1.82) is 0 Å². The van der Waals surface area contributed by atoms with Crippen molar-refractivity contribution in [3.05, 3.63) is 30.1 Å². The number of hydrogen-bond acceptors (Lipinski definition) is 4. The quantitative estimate of drug-likeness (QED) is 0.876. The van der Waals surface area contributed by atoms with Crippen molar-refractivity contribution < 1.29 is 9.84 Å². The van der Waals surface area contributed by atoms with Crippen LogP contribution in [-0.2, 0) is 17.8 Å². The van der Waals surface area contributed by atoms with Crippen LogP contribution < -0.4 is 0 Å². The van der Waals surface area contributed by atoms with E-state index in [1.807, 2.05) is 0 Å². The number of aryl methyl sites for hydroxylation is 1. The Kier molecular flexibility index (Phi) is 4.80. The molecular formula is C20H29N3O2. The molecular weight excluding hydrogens is 314 g/mol. The van der Waals surface area contributed by atoms with Gasteiger partial charge in [-0.15, -0.1) is 0 Å². The molecule has 0 bridgehead atoms. The minimum Gasteiger partial charge on any atom is -0.396 e. The Morgan fingerprint density at radius 2 is 2.24 bits per heavy atom. The number of rotatable bonds is 6. The van der Waals surface area contributed by atoms with Gasteiger partial charge in [0.1, 0.15) is 5.82 Å². The fraction of sp³-hybridized carbons (Fsp3) is 0.650. The average molecular weight is 343 g/mol. The Hall–Kier alpha value is -1.43. The van der Waals surface area contributed by atoms with E-state index >= 15 is 0 Å². The molecule has 0 aliphatic carbocycles. The monoisotopic (exact) mass is 343 g/mol. The van der Waals surface area contributed by atoms with Gasteiger partial charge in [0, 0.05) is 31.7 Å². The van der Waals surface area contributed by atoms with Crippen LogP contribution in [0.15, 0.2) is 24.3 Å². The largest absolute Gasteiger partial charge is 0.396 e. The molecule has 0 radical (unpaired) electrons. The van der Waals surface area contributed by atoms with E-state index in [0.29, 0.717) is 12.5 Å². The number of aliphatic hydroxyl groups is 1. The van der Waals surface area contributed by atoms with E-state index < -0.39 is 0 Å². The van der Waals surface area contributed by atoms with Gasteiger partial charge >= 0.3 is 0 Å². The summed E-state index contributed by atoms with van der Waals surface area (Å²) >= 11 is 0. The highest BCUT2D eigenvalue weighted by atomic mass is 16.5. The summed E-state index contributed by atoms with van der Waals surface area (Å²) in [4.78, 5) is 7.39. The molecule has 1 aromatic carbocycles. The number of aromatic nitrogens is 2. The van der Waals surface area contributed by atoms with E-state index in [2.05, 4.69) is 40.7 Å². The van der Waals surface area contributed by atoms with Crippen LogP contribution in [0.4, 0.5) is 0 Å². The van der Waals surface area contributed by atoms with Crippen molar-refractivity contribution >= 4 is 11.0 Å². The van der Waals surface area contributed by atoms with E-state index in [1.165, 1.54) is 18.4 Å². The number of fused-ring (bicyclic) bond motifs is 2. The van der Waals surface area contributed by atoms with Gasteiger partial charge in [0.2, 0.25) is 0 Å². The van der Waals surface area contributed by atoms with Gasteiger partial charge in [0.05, 0.1) is 30.8 Å². The highest BCUT2D eigenvalue weighted by molar-refractivity contribution is 5.75. The second-order valence-corrected chi connectivity index (χ2v) is 7.75. The Labute approximate surface area is 149 Å². The zero-order chi connectivity index (χ0) is 17.3. The molecule has 2 saturated heterocycles. The molecule has 136 valence electrons. The lowest BCUT2D eigenvalue weighted by atomic mass is 9.76. The van der Waals surface area contributed by atoms with Crippen LogP contribution in [0.5, 0.6) is 0 Å². The maximum Gasteiger partial charge on any atom is 0.124 e. The average Bonchev–Trinajstić information content (AvgIpc) is 3.18. The molecule has 2 aromatic rings. The molecule has 0 spiro atoms. The van der Waals surface area contributed by atoms with Gasteiger partial charge in [-0.3, -0.25) is 4.90 Å². The summed E-state index contributed by atoms with van der Waals surface area (Å²) in [6.45, 7) is 7.81. The minimum atomic E-state index is -0.0709. The van der Waals surface area contributed by atoms with Gasteiger partial charge in [-0.25, -0.2) is 4.98 Å². The molecule has 1 aromatic heterocycles. The van der Waals surface area contributed by atoms with E-state index in [-0.39, 0.29) is 12.0 Å². The number of benzene rings is 1. The second kappa shape index (κ2) is 7.06. The summed E-state index contributed by atoms with van der Waals surface area (Å²) in [7, 11) is 0. The molecule has 1 N–H and O–H groups in total. The number of nitrogens with zero attached hydrogens (tertiary/aromatic N) is 3. The van der Waals surface area contributed by atoms with Crippen molar-refractivity contribution in [3.8, 4) is 0 Å². The minimum absolute atomic E-state index is 0.0709. The zero-order valence-electron chi connectivity index (χ0n) is 15.2. The van der Waals surface area contributed by atoms with Gasteiger partial charge < -0.3 is 14.4 Å². The van der Waals surface area contributed by atoms with Crippen LogP contribution >= 0.6 is 0 Å². The first-order valence-electron chi connectivity index (χ1n) is 9.61. The fourth-order valence-electron chi connectivity index (χ4n) is 4.56. The number of hydrogen-bond donors (Lipinski definition) is 1. The summed E-state index contributed by atoms with van der Waals surface area (Å²) < 4.78 is 8.09. The molecule has 2 aliphatic rings. The Morgan fingerprint density at radius 3 is 3.04 bits per heavy atom. The van der Waals surface area contributed by atoms with Crippen molar-refractivity contribution in [2.75, 3.05) is 32.9 Å². The Bertz CT molecular complexity index is 729. The van der Waals surface area contributed by atoms with Gasteiger partial charge in [0.15, 0.2) is 0 Å². The third-order valence-corrected chi connectivity index (χ3v) is 6.03. The Balaban J connectivity index is 1.58. The third kappa shape index (κ3) is 3.09. The third-order valence-electron chi connectivity index (χ3n) is 6.03. The van der Waals surface area contributed by atoms with Crippen LogP contribution in [-0.4, -0.2) is 52.5 Å². The molecule has 5 heteroatoms. The van der Waals surface area contributed by atoms with Gasteiger partial charge in [0.25, 0.3) is 0 Å². The van der Waals surface area contributed by atoms with E-state index in [0.717, 1.165) is 50.5 Å². The highest BCUT2D eigenvalue weighted by Crippen LogP contribution is 2.41. The number of imidazole rings is 1. The number of unbranched alkanes of at least 4 members (excludes halogenated alkanes) is 1. The van der Waals surface area contributed by atoms with Crippen molar-refractivity contribution in [2.45, 2.75) is 39.3 Å². The first-order valence-corrected chi connectivity index (χ1v) is 9.61. The van der Waals surface area contributed by atoms with Crippen LogP contribution in [0.3, 0.4) is 0 Å². The van der Waals surface area contributed by atoms with Gasteiger partial charge in [-0.1, -0.05) is 25.5 Å². The van der Waals surface area contributed by atoms with Crippen LogP contribution in [0, 0.1) is 11.3 Å². The van der Waals surface area contributed by atoms with E-state index in [9.17, 15) is 5.11 Å². The normalized spacial score (nSPS) is 27.0. The molecule has 5 nitrogen and oxygen atoms in total. The molecule has 2 fully saturated rings. The number of aliphatic hydroxyl groups excluding tert-OH is 1. The molecule has 2 aliphatic heterocycles. The molecule has 0 saturated carbocycles. The van der Waals surface area contributed by atoms with Crippen LogP contribution in [0.2, 0.25) is 0 Å². The lowest BCUT2D eigenvalue weighted by Crippen LogP contribution is -2.42. The number of likely N-dealkylation sites (tertiary alicyclic amines) is 1. The number of para-hydroxylation sites is 2. The lowest BCUT2D eigenvalue weighted by Gasteiger charge is -2.36. The van der Waals surface area contributed by atoms with E-state index in [4.69, 9.17) is 9.72 Å². The number of ether oxygens (including phenoxy) is 1. The zero-order valence-corrected chi connectivity index (χ0v) is 15.2. The molecule has 4 rings (SSSR count). The molecule has 0 unspecified atom stereocenters. The summed E-state index contributed by atoms with van der Waals surface area (Å²) in [5, 5.41) is 9.99. The summed E-state index contributed by atoms with van der Waals surface area (Å²) in [5.74, 6) is 1.70. The van der Waals surface area contributed by atoms with Gasteiger partial charge in [-0.05, 0) is 30.9 Å². The second-order valence-electron chi connectivity index (χ2n) is 7.75. The Morgan fingerprint density at radius 1 is 1.36 bits per heavy atom. The summed E-state index contributed by atoms with van der Waals surface area (Å²) in [6, 6.07) is 8.44. The molecule has 0 amide bonds. The standard InChI is InChI=1S/C20H29N3O2/c1-2-3-9-23-18-7-5-4-6-17(18)21-19(23)12-22-11-16-8-10-25-15-20(16,13-22)14-24/h4-7,16,24H,2-3,8-15H2,1H3/t16-,20+/m0/s1. The smallest absolute Gasteiger partial charge is 0.124 e. The molecule has 2 atom stereocenters. The van der Waals surface area contributed by atoms with Crippen molar-refractivity contribution in [2.24, 2.45) is 11.3 Å². The van der Waals surface area contributed by atoms with Crippen molar-refractivity contribution in [1.82, 2.24) is 14.5 Å². The maximum absolute atomic E-state index is 9.99. The topological polar surface area (TPSA) is 50.5 Å². The lowest BCUT2D eigenvalue weighted by molar-refractivity contribution is -0.0561. The first kappa shape index (κ1) is 17.0. The highest BCUT2D eigenvalue weighted by Gasteiger charge is 2.48. The molecule has 3 heterocycles.